The lowest BCUT2D eigenvalue weighted by molar-refractivity contribution is -0.139. The maximum atomic E-state index is 14.1. The van der Waals surface area contributed by atoms with Crippen LogP contribution in [0.15, 0.2) is 151 Å². The molecule has 0 saturated carbocycles. The van der Waals surface area contributed by atoms with Crippen molar-refractivity contribution < 1.29 is 29.0 Å². The molecule has 0 spiro atoms. The summed E-state index contributed by atoms with van der Waals surface area (Å²) in [5, 5.41) is 17.4. The minimum atomic E-state index is -1.45. The highest BCUT2D eigenvalue weighted by Crippen LogP contribution is 2.31. The van der Waals surface area contributed by atoms with Crippen LogP contribution in [0.1, 0.15) is 59.9 Å². The Morgan fingerprint density at radius 2 is 1.39 bits per heavy atom. The van der Waals surface area contributed by atoms with Gasteiger partial charge in [-0.1, -0.05) is 146 Å². The average molecular weight is 765 g/mol. The van der Waals surface area contributed by atoms with E-state index >= 15 is 0 Å². The second-order valence-corrected chi connectivity index (χ2v) is 14.4. The van der Waals surface area contributed by atoms with Crippen molar-refractivity contribution in [3.8, 4) is 0 Å². The third kappa shape index (κ3) is 11.1. The molecule has 0 unspecified atom stereocenters. The van der Waals surface area contributed by atoms with Gasteiger partial charge in [0.15, 0.2) is 6.04 Å². The van der Waals surface area contributed by atoms with Crippen LogP contribution in [0.5, 0.6) is 0 Å². The summed E-state index contributed by atoms with van der Waals surface area (Å²) < 4.78 is 5.34. The average Bonchev–Trinajstić information content (AvgIpc) is 3.60. The van der Waals surface area contributed by atoms with E-state index in [0.717, 1.165) is 30.0 Å². The van der Waals surface area contributed by atoms with Crippen molar-refractivity contribution in [1.82, 2.24) is 10.2 Å². The Bertz CT molecular complexity index is 2130. The third-order valence-electron chi connectivity index (χ3n) is 10.1. The molecule has 0 aliphatic carbocycles. The summed E-state index contributed by atoms with van der Waals surface area (Å²) in [6.07, 6.45) is 0.429. The molecule has 1 aliphatic heterocycles. The summed E-state index contributed by atoms with van der Waals surface area (Å²) in [7, 11) is 0. The predicted molar refractivity (Wildman–Crippen MR) is 221 cm³/mol. The normalized spacial score (nSPS) is 15.7. The van der Waals surface area contributed by atoms with Gasteiger partial charge in [-0.15, -0.1) is 0 Å². The van der Waals surface area contributed by atoms with Crippen LogP contribution < -0.4 is 10.6 Å². The van der Waals surface area contributed by atoms with E-state index in [1.165, 1.54) is 5.56 Å². The van der Waals surface area contributed by atoms with Gasteiger partial charge in [0.1, 0.15) is 6.61 Å². The molecule has 0 radical (unpaired) electrons. The van der Waals surface area contributed by atoms with Gasteiger partial charge in [0.25, 0.3) is 0 Å². The molecule has 6 rings (SSSR count). The lowest BCUT2D eigenvalue weighted by Gasteiger charge is -2.26. The molecule has 3 amide bonds. The van der Waals surface area contributed by atoms with E-state index in [9.17, 15) is 24.3 Å². The van der Waals surface area contributed by atoms with Crippen molar-refractivity contribution in [1.29, 1.82) is 0 Å². The molecule has 5 aromatic carbocycles. The van der Waals surface area contributed by atoms with Gasteiger partial charge in [0.2, 0.25) is 11.8 Å². The Kier molecular flexibility index (Phi) is 14.1. The number of anilines is 1. The van der Waals surface area contributed by atoms with Gasteiger partial charge >= 0.3 is 12.1 Å². The molecule has 0 aromatic heterocycles. The van der Waals surface area contributed by atoms with Gasteiger partial charge in [-0.05, 0) is 48.1 Å². The summed E-state index contributed by atoms with van der Waals surface area (Å²) in [5.74, 6) is -2.82. The van der Waals surface area contributed by atoms with Crippen LogP contribution in [0.4, 0.5) is 10.5 Å². The molecular weight excluding hydrogens is 717 g/mol. The number of amides is 3. The maximum absolute atomic E-state index is 14.1. The summed E-state index contributed by atoms with van der Waals surface area (Å²) >= 11 is 0. The van der Waals surface area contributed by atoms with Crippen LogP contribution in [0.25, 0.3) is 0 Å². The third-order valence-corrected chi connectivity index (χ3v) is 10.1. The second-order valence-electron chi connectivity index (χ2n) is 14.4. The van der Waals surface area contributed by atoms with Gasteiger partial charge in [-0.3, -0.25) is 14.6 Å². The standard InChI is InChI=1S/C47H48N4O6/c1-33(26-27-48-31-35-18-8-3-9-19-35)28-42(52)49-41-25-15-14-24-39(41)44(37-22-12-5-13-23-37)50-45(46(54)55)40(36-20-10-4-11-21-36)30-43(53)51-38(32-57-47(51)56)29-34-16-6-2-7-17-34/h2-25,33,38,40,45,48H,26-32H2,1H3,(H,49,52)(H,54,55)/t33-,38-,40+,45-/m0/s1. The first-order valence-electron chi connectivity index (χ1n) is 19.3. The first-order valence-corrected chi connectivity index (χ1v) is 19.3. The van der Waals surface area contributed by atoms with Crippen LogP contribution in [-0.4, -0.2) is 64.8 Å². The number of para-hydroxylation sites is 1. The van der Waals surface area contributed by atoms with Gasteiger partial charge in [-0.2, -0.15) is 0 Å². The highest BCUT2D eigenvalue weighted by atomic mass is 16.6. The van der Waals surface area contributed by atoms with E-state index in [1.54, 1.807) is 42.5 Å². The zero-order valence-electron chi connectivity index (χ0n) is 32.0. The number of ether oxygens (including phenoxy) is 1. The fourth-order valence-corrected chi connectivity index (χ4v) is 7.15. The highest BCUT2D eigenvalue weighted by Gasteiger charge is 2.41. The molecule has 1 fully saturated rings. The Hall–Kier alpha value is -6.39. The summed E-state index contributed by atoms with van der Waals surface area (Å²) in [6, 6.07) is 42.9. The largest absolute Gasteiger partial charge is 0.480 e. The first kappa shape index (κ1) is 40.3. The lowest BCUT2D eigenvalue weighted by atomic mass is 9.87. The molecule has 1 heterocycles. The number of carboxylic acid groups (broad SMARTS) is 1. The molecule has 10 nitrogen and oxygen atoms in total. The molecule has 1 aliphatic rings. The predicted octanol–water partition coefficient (Wildman–Crippen LogP) is 7.89. The minimum Gasteiger partial charge on any atom is -0.480 e. The van der Waals surface area contributed by atoms with Gasteiger partial charge in [-0.25, -0.2) is 14.5 Å². The smallest absolute Gasteiger partial charge is 0.416 e. The van der Waals surface area contributed by atoms with Crippen molar-refractivity contribution in [2.24, 2.45) is 10.9 Å². The lowest BCUT2D eigenvalue weighted by Crippen LogP contribution is -2.42. The second kappa shape index (κ2) is 20.0. The molecule has 3 N–H and O–H groups in total. The van der Waals surface area contributed by atoms with Gasteiger partial charge in [0.05, 0.1) is 17.4 Å². The molecular formula is C47H48N4O6. The van der Waals surface area contributed by atoms with Gasteiger partial charge in [0, 0.05) is 36.4 Å². The number of aliphatic imine (C=N–C) groups is 1. The van der Waals surface area contributed by atoms with Crippen molar-refractivity contribution >= 4 is 35.3 Å². The minimum absolute atomic E-state index is 0.0422. The van der Waals surface area contributed by atoms with E-state index in [0.29, 0.717) is 40.9 Å². The van der Waals surface area contributed by atoms with Crippen LogP contribution in [0, 0.1) is 5.92 Å². The number of nitrogens with one attached hydrogen (secondary N) is 2. The topological polar surface area (TPSA) is 137 Å². The molecule has 10 heteroatoms. The fourth-order valence-electron chi connectivity index (χ4n) is 7.15. The number of hydrogen-bond acceptors (Lipinski definition) is 7. The van der Waals surface area contributed by atoms with Crippen LogP contribution in [0.2, 0.25) is 0 Å². The summed E-state index contributed by atoms with van der Waals surface area (Å²) in [6.45, 7) is 3.60. The number of carbonyl (C=O) groups is 4. The Morgan fingerprint density at radius 3 is 2.05 bits per heavy atom. The van der Waals surface area contributed by atoms with Crippen molar-refractivity contribution in [2.45, 2.75) is 57.2 Å². The number of imide groups is 1. The first-order chi connectivity index (χ1) is 27.8. The molecule has 4 atom stereocenters. The number of nitrogens with zero attached hydrogens (tertiary/aromatic N) is 2. The Balaban J connectivity index is 1.26. The molecule has 1 saturated heterocycles. The SMILES string of the molecule is C[C@@H](CCNCc1ccccc1)CC(=O)Nc1ccccc1C(=N[C@H](C(=O)O)[C@H](CC(=O)N1C(=O)OC[C@@H]1Cc1ccccc1)c1ccccc1)c1ccccc1. The zero-order valence-corrected chi connectivity index (χ0v) is 32.0. The quantitative estimate of drug-likeness (QED) is 0.0610. The van der Waals surface area contributed by atoms with E-state index in [-0.39, 0.29) is 24.9 Å². The van der Waals surface area contributed by atoms with Gasteiger partial charge < -0.3 is 20.5 Å². The number of cyclic esters (lactones) is 1. The van der Waals surface area contributed by atoms with Crippen molar-refractivity contribution in [2.75, 3.05) is 18.5 Å². The number of aliphatic carboxylic acids is 1. The number of carboxylic acids is 1. The monoisotopic (exact) mass is 764 g/mol. The van der Waals surface area contributed by atoms with Crippen LogP contribution in [-0.2, 0) is 32.1 Å². The maximum Gasteiger partial charge on any atom is 0.416 e. The fraction of sp³-hybridized carbons (Fsp3) is 0.255. The van der Waals surface area contributed by atoms with E-state index in [2.05, 4.69) is 22.8 Å². The van der Waals surface area contributed by atoms with Crippen molar-refractivity contribution in [3.05, 3.63) is 173 Å². The number of carbonyl (C=O) groups excluding carboxylic acids is 3. The summed E-state index contributed by atoms with van der Waals surface area (Å²) in [5.41, 5.74) is 4.71. The Labute approximate surface area is 333 Å². The number of hydrogen-bond donors (Lipinski definition) is 3. The summed E-state index contributed by atoms with van der Waals surface area (Å²) in [4.78, 5) is 60.0. The highest BCUT2D eigenvalue weighted by molar-refractivity contribution is 6.17. The van der Waals surface area contributed by atoms with E-state index in [1.807, 2.05) is 97.9 Å². The molecule has 292 valence electrons. The number of rotatable bonds is 18. The zero-order chi connectivity index (χ0) is 40.0. The van der Waals surface area contributed by atoms with Crippen LogP contribution in [0.3, 0.4) is 0 Å². The molecule has 5 aromatic rings. The number of benzene rings is 5. The van der Waals surface area contributed by atoms with E-state index < -0.39 is 36.0 Å². The Morgan fingerprint density at radius 1 is 0.789 bits per heavy atom. The van der Waals surface area contributed by atoms with E-state index in [4.69, 9.17) is 9.73 Å². The van der Waals surface area contributed by atoms with Crippen LogP contribution >= 0.6 is 0 Å². The molecule has 0 bridgehead atoms. The molecule has 57 heavy (non-hydrogen) atoms. The van der Waals surface area contributed by atoms with Crippen molar-refractivity contribution in [3.63, 3.8) is 0 Å².